The minimum Gasteiger partial charge on any atom is -0.347 e. The third-order valence-electron chi connectivity index (χ3n) is 4.70. The second-order valence-corrected chi connectivity index (χ2v) is 6.23. The van der Waals surface area contributed by atoms with Crippen LogP contribution in [-0.4, -0.2) is 45.9 Å². The number of carbonyl (C=O) groups excluding carboxylic acids is 1. The Kier molecular flexibility index (Phi) is 3.09. The topological polar surface area (TPSA) is 73.4 Å². The minimum atomic E-state index is -0.137. The van der Waals surface area contributed by atoms with E-state index in [-0.39, 0.29) is 11.9 Å². The summed E-state index contributed by atoms with van der Waals surface area (Å²) in [6.07, 6.45) is 7.35. The zero-order chi connectivity index (χ0) is 15.1. The molecule has 3 atom stereocenters. The lowest BCUT2D eigenvalue weighted by Gasteiger charge is -2.30. The van der Waals surface area contributed by atoms with Crippen molar-refractivity contribution < 1.29 is 4.79 Å². The van der Waals surface area contributed by atoms with Crippen molar-refractivity contribution in [3.05, 3.63) is 35.9 Å². The number of rotatable bonds is 2. The van der Waals surface area contributed by atoms with Gasteiger partial charge in [-0.25, -0.2) is 4.98 Å². The molecule has 0 radical (unpaired) electrons. The number of nitriles is 1. The Morgan fingerprint density at radius 3 is 3.18 bits per heavy atom. The molecule has 0 saturated carbocycles. The van der Waals surface area contributed by atoms with Crippen LogP contribution in [0.15, 0.2) is 24.7 Å². The van der Waals surface area contributed by atoms with Crippen molar-refractivity contribution in [2.24, 2.45) is 5.92 Å². The molecule has 2 aromatic rings. The summed E-state index contributed by atoms with van der Waals surface area (Å²) in [5.41, 5.74) is 1.68. The highest BCUT2D eigenvalue weighted by Gasteiger charge is 2.33. The van der Waals surface area contributed by atoms with Crippen LogP contribution in [0.2, 0.25) is 0 Å². The molecule has 0 aliphatic carbocycles. The molecule has 4 heterocycles. The highest BCUT2D eigenvalue weighted by Crippen LogP contribution is 2.26. The third kappa shape index (κ3) is 2.24. The molecule has 2 saturated heterocycles. The van der Waals surface area contributed by atoms with Crippen molar-refractivity contribution in [3.63, 3.8) is 0 Å². The molecule has 6 heteroatoms. The first-order chi connectivity index (χ1) is 10.7. The van der Waals surface area contributed by atoms with Crippen LogP contribution in [0.3, 0.4) is 0 Å². The number of amides is 1. The second-order valence-electron chi connectivity index (χ2n) is 6.23. The number of carbonyl (C=O) groups is 1. The predicted octanol–water partition coefficient (Wildman–Crippen LogP) is 1.03. The Morgan fingerprint density at radius 2 is 2.36 bits per heavy atom. The summed E-state index contributed by atoms with van der Waals surface area (Å²) < 4.78 is 1.77. The molecule has 0 spiro atoms. The van der Waals surface area contributed by atoms with Gasteiger partial charge in [-0.2, -0.15) is 5.26 Å². The van der Waals surface area contributed by atoms with Gasteiger partial charge >= 0.3 is 0 Å². The molecular weight excluding hydrogens is 278 g/mol. The number of piperidine rings is 1. The molecule has 2 aliphatic rings. The number of fused-ring (bicyclic) bond motifs is 3. The first-order valence-corrected chi connectivity index (χ1v) is 7.63. The van der Waals surface area contributed by atoms with Gasteiger partial charge < -0.3 is 14.6 Å². The zero-order valence-corrected chi connectivity index (χ0v) is 12.2. The molecule has 2 aliphatic heterocycles. The standard InChI is InChI=1S/C16H17N5O/c17-6-12-2-4-21-10-14(18-7-15(12)21)16(22)19-13-5-11-1-3-20(8-11)9-13/h2,4,7,10-11,13H,1,3,5,8-9H2,(H,19,22)/t11-,13-/m1/s1. The van der Waals surface area contributed by atoms with Gasteiger partial charge in [-0.3, -0.25) is 4.79 Å². The lowest BCUT2D eigenvalue weighted by molar-refractivity contribution is 0.0904. The number of nitrogens with zero attached hydrogens (tertiary/aromatic N) is 4. The van der Waals surface area contributed by atoms with Crippen LogP contribution in [0.4, 0.5) is 0 Å². The van der Waals surface area contributed by atoms with E-state index >= 15 is 0 Å². The molecule has 2 fully saturated rings. The molecule has 22 heavy (non-hydrogen) atoms. The maximum absolute atomic E-state index is 12.4. The van der Waals surface area contributed by atoms with Crippen LogP contribution in [0.1, 0.15) is 28.9 Å². The summed E-state index contributed by atoms with van der Waals surface area (Å²) in [5, 5.41) is 12.1. The van der Waals surface area contributed by atoms with E-state index in [1.165, 1.54) is 13.0 Å². The molecular formula is C16H17N5O. The van der Waals surface area contributed by atoms with E-state index in [9.17, 15) is 4.79 Å². The fraction of sp³-hybridized carbons (Fsp3) is 0.438. The second kappa shape index (κ2) is 5.11. The summed E-state index contributed by atoms with van der Waals surface area (Å²) in [6, 6.07) is 4.05. The number of hydrogen-bond donors (Lipinski definition) is 1. The quantitative estimate of drug-likeness (QED) is 0.898. The summed E-state index contributed by atoms with van der Waals surface area (Å²) in [6.45, 7) is 3.27. The largest absolute Gasteiger partial charge is 0.347 e. The van der Waals surface area contributed by atoms with Crippen LogP contribution in [0.25, 0.3) is 5.52 Å². The average molecular weight is 295 g/mol. The zero-order valence-electron chi connectivity index (χ0n) is 12.2. The number of aromatic nitrogens is 2. The van der Waals surface area contributed by atoms with Gasteiger partial charge in [0.05, 0.1) is 17.3 Å². The van der Waals surface area contributed by atoms with Gasteiger partial charge in [-0.05, 0) is 31.4 Å². The first-order valence-electron chi connectivity index (χ1n) is 7.63. The van der Waals surface area contributed by atoms with Gasteiger partial charge in [0, 0.05) is 31.5 Å². The molecule has 0 aromatic carbocycles. The van der Waals surface area contributed by atoms with Crippen LogP contribution >= 0.6 is 0 Å². The van der Waals surface area contributed by atoms with E-state index in [0.717, 1.165) is 30.9 Å². The smallest absolute Gasteiger partial charge is 0.271 e. The van der Waals surface area contributed by atoms with E-state index in [0.29, 0.717) is 11.3 Å². The molecule has 2 bridgehead atoms. The van der Waals surface area contributed by atoms with Crippen molar-refractivity contribution in [2.45, 2.75) is 18.9 Å². The molecule has 1 amide bonds. The van der Waals surface area contributed by atoms with E-state index < -0.39 is 0 Å². The third-order valence-corrected chi connectivity index (χ3v) is 4.70. The molecule has 6 nitrogen and oxygen atoms in total. The summed E-state index contributed by atoms with van der Waals surface area (Å²) in [7, 11) is 0. The van der Waals surface area contributed by atoms with Crippen LogP contribution in [0.5, 0.6) is 0 Å². The molecule has 4 rings (SSSR count). The maximum Gasteiger partial charge on any atom is 0.271 e. The first kappa shape index (κ1) is 13.3. The SMILES string of the molecule is N#Cc1ccn2cc(C(=O)N[C@@H]3C[C@H]4CCN(C4)C3)ncc12. The van der Waals surface area contributed by atoms with Gasteiger partial charge in [-0.15, -0.1) is 0 Å². The van der Waals surface area contributed by atoms with Crippen molar-refractivity contribution in [1.29, 1.82) is 5.26 Å². The van der Waals surface area contributed by atoms with E-state index in [4.69, 9.17) is 5.26 Å². The summed E-state index contributed by atoms with van der Waals surface area (Å²) in [4.78, 5) is 19.0. The van der Waals surface area contributed by atoms with Gasteiger partial charge in [0.2, 0.25) is 0 Å². The van der Waals surface area contributed by atoms with E-state index in [2.05, 4.69) is 21.3 Å². The van der Waals surface area contributed by atoms with Gasteiger partial charge in [0.15, 0.2) is 0 Å². The predicted molar refractivity (Wildman–Crippen MR) is 80.3 cm³/mol. The Morgan fingerprint density at radius 1 is 1.45 bits per heavy atom. The Bertz CT molecular complexity index is 762. The maximum atomic E-state index is 12.4. The molecule has 1 N–H and O–H groups in total. The van der Waals surface area contributed by atoms with Crippen LogP contribution in [-0.2, 0) is 0 Å². The van der Waals surface area contributed by atoms with Crippen LogP contribution < -0.4 is 5.32 Å². The normalized spacial score (nSPS) is 26.8. The molecule has 2 aromatic heterocycles. The lowest BCUT2D eigenvalue weighted by Crippen LogP contribution is -2.47. The monoisotopic (exact) mass is 295 g/mol. The number of nitrogens with one attached hydrogen (secondary N) is 1. The summed E-state index contributed by atoms with van der Waals surface area (Å²) in [5.74, 6) is 0.582. The summed E-state index contributed by atoms with van der Waals surface area (Å²) >= 11 is 0. The Hall–Kier alpha value is -2.39. The minimum absolute atomic E-state index is 0.137. The van der Waals surface area contributed by atoms with Crippen molar-refractivity contribution in [3.8, 4) is 6.07 Å². The van der Waals surface area contributed by atoms with Crippen molar-refractivity contribution in [2.75, 3.05) is 19.6 Å². The average Bonchev–Trinajstić information content (AvgIpc) is 3.09. The van der Waals surface area contributed by atoms with Crippen molar-refractivity contribution >= 4 is 11.4 Å². The Balaban J connectivity index is 1.52. The fourth-order valence-corrected chi connectivity index (χ4v) is 3.64. The Labute approximate surface area is 128 Å². The molecule has 112 valence electrons. The van der Waals surface area contributed by atoms with Crippen molar-refractivity contribution in [1.82, 2.24) is 19.6 Å². The van der Waals surface area contributed by atoms with Gasteiger partial charge in [-0.1, -0.05) is 0 Å². The van der Waals surface area contributed by atoms with E-state index in [1.54, 1.807) is 29.1 Å². The lowest BCUT2D eigenvalue weighted by atomic mass is 9.97. The van der Waals surface area contributed by atoms with Gasteiger partial charge in [0.1, 0.15) is 11.8 Å². The molecule has 1 unspecified atom stereocenters. The number of hydrogen-bond acceptors (Lipinski definition) is 4. The highest BCUT2D eigenvalue weighted by molar-refractivity contribution is 5.92. The highest BCUT2D eigenvalue weighted by atomic mass is 16.2. The van der Waals surface area contributed by atoms with Gasteiger partial charge in [0.25, 0.3) is 5.91 Å². The fourth-order valence-electron chi connectivity index (χ4n) is 3.64. The van der Waals surface area contributed by atoms with Crippen LogP contribution in [0, 0.1) is 17.2 Å². The van der Waals surface area contributed by atoms with E-state index in [1.807, 2.05) is 0 Å².